The van der Waals surface area contributed by atoms with E-state index in [9.17, 15) is 4.79 Å². The van der Waals surface area contributed by atoms with Gasteiger partial charge in [0.05, 0.1) is 5.51 Å². The number of thiazole rings is 1. The fourth-order valence-corrected chi connectivity index (χ4v) is 2.45. The Hall–Kier alpha value is -0.420. The molecule has 1 heterocycles. The molecule has 0 aromatic carbocycles. The quantitative estimate of drug-likeness (QED) is 0.854. The summed E-state index contributed by atoms with van der Waals surface area (Å²) in [6, 6.07) is 0. The summed E-state index contributed by atoms with van der Waals surface area (Å²) in [6.07, 6.45) is 2.56. The van der Waals surface area contributed by atoms with Gasteiger partial charge in [0.2, 0.25) is 0 Å². The summed E-state index contributed by atoms with van der Waals surface area (Å²) in [6.45, 7) is 0.695. The van der Waals surface area contributed by atoms with Crippen molar-refractivity contribution in [2.75, 3.05) is 6.54 Å². The lowest BCUT2D eigenvalue weighted by Gasteiger charge is -2.08. The van der Waals surface area contributed by atoms with Crippen LogP contribution >= 0.6 is 27.3 Å². The summed E-state index contributed by atoms with van der Waals surface area (Å²) in [4.78, 5) is 15.8. The highest BCUT2D eigenvalue weighted by molar-refractivity contribution is 9.09. The van der Waals surface area contributed by atoms with E-state index in [1.807, 2.05) is 0 Å². The molecular formula is C9H11BrN2OS. The number of halogens is 1. The summed E-state index contributed by atoms with van der Waals surface area (Å²) in [5.41, 5.74) is 2.19. The molecule has 0 bridgehead atoms. The first-order valence-electron chi connectivity index (χ1n) is 4.58. The molecule has 1 unspecified atom stereocenters. The molecule has 0 aliphatic heterocycles. The minimum Gasteiger partial charge on any atom is -0.350 e. The van der Waals surface area contributed by atoms with Gasteiger partial charge in [0.25, 0.3) is 5.91 Å². The predicted octanol–water partition coefficient (Wildman–Crippen LogP) is 2.05. The number of hydrogen-bond donors (Lipinski definition) is 1. The van der Waals surface area contributed by atoms with Crippen LogP contribution < -0.4 is 5.32 Å². The Morgan fingerprint density at radius 2 is 2.57 bits per heavy atom. The maximum absolute atomic E-state index is 11.5. The van der Waals surface area contributed by atoms with E-state index in [0.29, 0.717) is 17.1 Å². The maximum atomic E-state index is 11.5. The fraction of sp³-hybridized carbons (Fsp3) is 0.556. The van der Waals surface area contributed by atoms with Crippen molar-refractivity contribution in [3.05, 3.63) is 16.6 Å². The van der Waals surface area contributed by atoms with Crippen molar-refractivity contribution in [2.24, 2.45) is 5.92 Å². The lowest BCUT2D eigenvalue weighted by Crippen LogP contribution is -2.30. The van der Waals surface area contributed by atoms with Crippen molar-refractivity contribution in [1.82, 2.24) is 10.3 Å². The van der Waals surface area contributed by atoms with E-state index < -0.39 is 0 Å². The third kappa shape index (κ3) is 2.54. The molecule has 1 fully saturated rings. The molecule has 1 saturated carbocycles. The first kappa shape index (κ1) is 10.1. The second-order valence-electron chi connectivity index (χ2n) is 3.44. The Labute approximate surface area is 95.1 Å². The Morgan fingerprint density at radius 3 is 3.14 bits per heavy atom. The van der Waals surface area contributed by atoms with Gasteiger partial charge < -0.3 is 5.32 Å². The first-order valence-corrected chi connectivity index (χ1v) is 6.43. The number of aromatic nitrogens is 1. The zero-order valence-corrected chi connectivity index (χ0v) is 9.97. The van der Waals surface area contributed by atoms with Crippen molar-refractivity contribution >= 4 is 33.2 Å². The van der Waals surface area contributed by atoms with Crippen LogP contribution in [0.3, 0.4) is 0 Å². The summed E-state index contributed by atoms with van der Waals surface area (Å²) in [5, 5.41) is 4.62. The van der Waals surface area contributed by atoms with Gasteiger partial charge in [-0.3, -0.25) is 4.79 Å². The molecule has 0 spiro atoms. The van der Waals surface area contributed by atoms with Crippen LogP contribution in [0.1, 0.15) is 23.3 Å². The zero-order valence-electron chi connectivity index (χ0n) is 7.57. The van der Waals surface area contributed by atoms with Gasteiger partial charge in [0, 0.05) is 16.8 Å². The van der Waals surface area contributed by atoms with Gasteiger partial charge in [0.15, 0.2) is 0 Å². The number of rotatable bonds is 4. The van der Waals surface area contributed by atoms with E-state index in [2.05, 4.69) is 26.2 Å². The average molecular weight is 275 g/mol. The molecule has 5 heteroatoms. The van der Waals surface area contributed by atoms with Crippen LogP contribution in [0.15, 0.2) is 10.9 Å². The summed E-state index contributed by atoms with van der Waals surface area (Å²) < 4.78 is 0. The lowest BCUT2D eigenvalue weighted by atomic mass is 10.3. The summed E-state index contributed by atoms with van der Waals surface area (Å²) in [7, 11) is 0. The molecule has 1 atom stereocenters. The standard InChI is InChI=1S/C9H11BrN2OS/c10-7(6-1-2-6)3-11-9(13)8-4-14-5-12-8/h4-7H,1-3H2,(H,11,13). The van der Waals surface area contributed by atoms with Crippen molar-refractivity contribution < 1.29 is 4.79 Å². The molecule has 1 aromatic heterocycles. The summed E-state index contributed by atoms with van der Waals surface area (Å²) in [5.74, 6) is 0.682. The van der Waals surface area contributed by atoms with Crippen molar-refractivity contribution in [1.29, 1.82) is 0 Å². The number of nitrogens with zero attached hydrogens (tertiary/aromatic N) is 1. The molecule has 14 heavy (non-hydrogen) atoms. The minimum atomic E-state index is -0.0728. The Bertz CT molecular complexity index is 311. The molecule has 0 radical (unpaired) electrons. The van der Waals surface area contributed by atoms with Crippen LogP contribution in [-0.4, -0.2) is 22.3 Å². The molecule has 0 saturated heterocycles. The Balaban J connectivity index is 1.77. The maximum Gasteiger partial charge on any atom is 0.270 e. The number of alkyl halides is 1. The Kier molecular flexibility index (Phi) is 3.18. The van der Waals surface area contributed by atoms with Gasteiger partial charge in [0.1, 0.15) is 5.69 Å². The highest BCUT2D eigenvalue weighted by Crippen LogP contribution is 2.36. The highest BCUT2D eigenvalue weighted by Gasteiger charge is 2.29. The molecule has 76 valence electrons. The molecule has 1 aliphatic carbocycles. The second-order valence-corrected chi connectivity index (χ2v) is 5.33. The van der Waals surface area contributed by atoms with Gasteiger partial charge in [-0.1, -0.05) is 15.9 Å². The van der Waals surface area contributed by atoms with Crippen molar-refractivity contribution in [3.8, 4) is 0 Å². The smallest absolute Gasteiger partial charge is 0.270 e. The highest BCUT2D eigenvalue weighted by atomic mass is 79.9. The van der Waals surface area contributed by atoms with Crippen LogP contribution in [0.25, 0.3) is 0 Å². The molecule has 1 aromatic rings. The van der Waals surface area contributed by atoms with Gasteiger partial charge in [-0.2, -0.15) is 0 Å². The zero-order chi connectivity index (χ0) is 9.97. The number of amides is 1. The predicted molar refractivity (Wildman–Crippen MR) is 59.9 cm³/mol. The van der Waals surface area contributed by atoms with Crippen LogP contribution in [0.4, 0.5) is 0 Å². The first-order chi connectivity index (χ1) is 6.77. The van der Waals surface area contributed by atoms with Gasteiger partial charge in [-0.05, 0) is 18.8 Å². The minimum absolute atomic E-state index is 0.0728. The number of carbonyl (C=O) groups excluding carboxylic acids is 1. The van der Waals surface area contributed by atoms with Gasteiger partial charge >= 0.3 is 0 Å². The molecule has 3 nitrogen and oxygen atoms in total. The van der Waals surface area contributed by atoms with E-state index in [4.69, 9.17) is 0 Å². The monoisotopic (exact) mass is 274 g/mol. The third-order valence-corrected chi connectivity index (χ3v) is 3.91. The van der Waals surface area contributed by atoms with Crippen LogP contribution in [0, 0.1) is 5.92 Å². The molecule has 1 amide bonds. The lowest BCUT2D eigenvalue weighted by molar-refractivity contribution is 0.0949. The van der Waals surface area contributed by atoms with E-state index in [0.717, 1.165) is 5.92 Å². The fourth-order valence-electron chi connectivity index (χ4n) is 1.23. The average Bonchev–Trinajstić information content (AvgIpc) is 2.90. The van der Waals surface area contributed by atoms with Crippen LogP contribution in [0.2, 0.25) is 0 Å². The summed E-state index contributed by atoms with van der Waals surface area (Å²) >= 11 is 5.00. The molecular weight excluding hydrogens is 264 g/mol. The van der Waals surface area contributed by atoms with E-state index >= 15 is 0 Å². The van der Waals surface area contributed by atoms with Crippen LogP contribution in [0.5, 0.6) is 0 Å². The number of hydrogen-bond acceptors (Lipinski definition) is 3. The SMILES string of the molecule is O=C(NCC(Br)C1CC1)c1cscn1. The van der Waals surface area contributed by atoms with Crippen molar-refractivity contribution in [3.63, 3.8) is 0 Å². The molecule has 1 N–H and O–H groups in total. The van der Waals surface area contributed by atoms with Gasteiger partial charge in [-0.15, -0.1) is 11.3 Å². The largest absolute Gasteiger partial charge is 0.350 e. The second kappa shape index (κ2) is 4.40. The third-order valence-electron chi connectivity index (χ3n) is 2.26. The topological polar surface area (TPSA) is 42.0 Å². The van der Waals surface area contributed by atoms with E-state index in [1.54, 1.807) is 10.9 Å². The Morgan fingerprint density at radius 1 is 1.79 bits per heavy atom. The van der Waals surface area contributed by atoms with Crippen LogP contribution in [-0.2, 0) is 0 Å². The number of nitrogens with one attached hydrogen (secondary N) is 1. The number of carbonyl (C=O) groups is 1. The van der Waals surface area contributed by atoms with E-state index in [-0.39, 0.29) is 5.91 Å². The van der Waals surface area contributed by atoms with E-state index in [1.165, 1.54) is 24.2 Å². The van der Waals surface area contributed by atoms with Crippen molar-refractivity contribution in [2.45, 2.75) is 17.7 Å². The molecule has 1 aliphatic rings. The normalized spacial score (nSPS) is 17.8. The molecule has 2 rings (SSSR count). The van der Waals surface area contributed by atoms with Gasteiger partial charge in [-0.25, -0.2) is 4.98 Å².